The number of rotatable bonds is 3. The minimum absolute atomic E-state index is 0.0118. The van der Waals surface area contributed by atoms with Gasteiger partial charge in [0.05, 0.1) is 0 Å². The van der Waals surface area contributed by atoms with Crippen LogP contribution < -0.4 is 5.11 Å². The van der Waals surface area contributed by atoms with E-state index in [9.17, 15) is 5.11 Å². The summed E-state index contributed by atoms with van der Waals surface area (Å²) >= 11 is 0. The fourth-order valence-corrected chi connectivity index (χ4v) is 2.44. The molecular formula is C20H16NO-. The first-order valence-corrected chi connectivity index (χ1v) is 7.22. The van der Waals surface area contributed by atoms with Crippen LogP contribution in [0.15, 0.2) is 90.5 Å². The highest BCUT2D eigenvalue weighted by atomic mass is 16.3. The molecule has 0 aliphatic heterocycles. The predicted molar refractivity (Wildman–Crippen MR) is 88.4 cm³/mol. The highest BCUT2D eigenvalue weighted by Crippen LogP contribution is 2.22. The summed E-state index contributed by atoms with van der Waals surface area (Å²) in [5.74, 6) is -0.0764. The molecule has 3 rings (SSSR count). The summed E-state index contributed by atoms with van der Waals surface area (Å²) in [6, 6.07) is 18.9. The summed E-state index contributed by atoms with van der Waals surface area (Å²) in [5.41, 5.74) is 2.78. The molecule has 0 saturated carbocycles. The van der Waals surface area contributed by atoms with Crippen molar-refractivity contribution in [1.82, 2.24) is 0 Å². The maximum absolute atomic E-state index is 12.4. The lowest BCUT2D eigenvalue weighted by molar-refractivity contribution is -0.244. The van der Waals surface area contributed by atoms with Crippen molar-refractivity contribution in [3.8, 4) is 0 Å². The SMILES string of the molecule is N=C(c1ccccc1)C1C=CC(=C([O-])c2ccccc2)C=C1. The van der Waals surface area contributed by atoms with E-state index in [1.165, 1.54) is 0 Å². The lowest BCUT2D eigenvalue weighted by Crippen LogP contribution is -2.13. The van der Waals surface area contributed by atoms with Crippen molar-refractivity contribution in [1.29, 1.82) is 5.41 Å². The van der Waals surface area contributed by atoms with Crippen LogP contribution in [0.4, 0.5) is 0 Å². The highest BCUT2D eigenvalue weighted by Gasteiger charge is 2.13. The largest absolute Gasteiger partial charge is 0.872 e. The van der Waals surface area contributed by atoms with Gasteiger partial charge in [0.1, 0.15) is 0 Å². The lowest BCUT2D eigenvalue weighted by atomic mass is 9.91. The minimum atomic E-state index is -0.0882. The summed E-state index contributed by atoms with van der Waals surface area (Å²) in [5, 5.41) is 20.6. The van der Waals surface area contributed by atoms with Gasteiger partial charge in [-0.05, 0) is 16.7 Å². The molecule has 0 fully saturated rings. The van der Waals surface area contributed by atoms with E-state index < -0.39 is 0 Å². The molecule has 2 aromatic carbocycles. The molecule has 0 heterocycles. The smallest absolute Gasteiger partial charge is 0.0493 e. The van der Waals surface area contributed by atoms with E-state index in [0.29, 0.717) is 16.8 Å². The molecule has 0 aromatic heterocycles. The fraction of sp³-hybridized carbons (Fsp3) is 0.0500. The monoisotopic (exact) mass is 286 g/mol. The molecule has 108 valence electrons. The molecule has 1 N–H and O–H groups in total. The Hall–Kier alpha value is -2.87. The standard InChI is InChI=1S/C20H17NO/c21-19(15-7-3-1-4-8-15)16-11-13-18(14-12-16)20(22)17-9-5-2-6-10-17/h1-14,16,21-22H/p-1. The summed E-state index contributed by atoms with van der Waals surface area (Å²) < 4.78 is 0. The third-order valence-electron chi connectivity index (χ3n) is 3.68. The number of allylic oxidation sites excluding steroid dienone is 5. The number of hydrogen-bond donors (Lipinski definition) is 1. The van der Waals surface area contributed by atoms with Crippen LogP contribution in [0.3, 0.4) is 0 Å². The average Bonchev–Trinajstić information content (AvgIpc) is 2.62. The van der Waals surface area contributed by atoms with Gasteiger partial charge in [-0.25, -0.2) is 0 Å². The first-order chi connectivity index (χ1) is 10.8. The quantitative estimate of drug-likeness (QED) is 0.680. The molecule has 0 amide bonds. The third-order valence-corrected chi connectivity index (χ3v) is 3.68. The molecule has 1 aliphatic rings. The van der Waals surface area contributed by atoms with Gasteiger partial charge in [0, 0.05) is 11.6 Å². The van der Waals surface area contributed by atoms with Crippen molar-refractivity contribution < 1.29 is 5.11 Å². The van der Waals surface area contributed by atoms with Crippen LogP contribution in [0.1, 0.15) is 11.1 Å². The summed E-state index contributed by atoms with van der Waals surface area (Å²) in [6.07, 6.45) is 7.45. The van der Waals surface area contributed by atoms with E-state index in [1.807, 2.05) is 85.0 Å². The van der Waals surface area contributed by atoms with Crippen molar-refractivity contribution in [2.75, 3.05) is 0 Å². The molecule has 1 aliphatic carbocycles. The second kappa shape index (κ2) is 6.27. The fourth-order valence-electron chi connectivity index (χ4n) is 2.44. The number of nitrogens with one attached hydrogen (secondary N) is 1. The molecule has 2 heteroatoms. The van der Waals surface area contributed by atoms with Crippen LogP contribution in [0.5, 0.6) is 0 Å². The van der Waals surface area contributed by atoms with Gasteiger partial charge >= 0.3 is 0 Å². The van der Waals surface area contributed by atoms with Crippen LogP contribution in [0.25, 0.3) is 5.76 Å². The zero-order chi connectivity index (χ0) is 15.4. The molecule has 22 heavy (non-hydrogen) atoms. The highest BCUT2D eigenvalue weighted by molar-refractivity contribution is 6.02. The summed E-state index contributed by atoms with van der Waals surface area (Å²) in [6.45, 7) is 0. The first kappa shape index (κ1) is 14.1. The van der Waals surface area contributed by atoms with E-state index in [4.69, 9.17) is 5.41 Å². The van der Waals surface area contributed by atoms with Gasteiger partial charge in [0.2, 0.25) is 0 Å². The second-order valence-corrected chi connectivity index (χ2v) is 5.17. The Morgan fingerprint density at radius 1 is 0.773 bits per heavy atom. The minimum Gasteiger partial charge on any atom is -0.872 e. The van der Waals surface area contributed by atoms with Crippen LogP contribution in [-0.2, 0) is 0 Å². The summed E-state index contributed by atoms with van der Waals surface area (Å²) in [4.78, 5) is 0. The second-order valence-electron chi connectivity index (χ2n) is 5.17. The van der Waals surface area contributed by atoms with E-state index in [0.717, 1.165) is 5.56 Å². The molecule has 2 aromatic rings. The van der Waals surface area contributed by atoms with E-state index >= 15 is 0 Å². The van der Waals surface area contributed by atoms with Crippen molar-refractivity contribution >= 4 is 11.5 Å². The van der Waals surface area contributed by atoms with E-state index in [2.05, 4.69) is 0 Å². The maximum Gasteiger partial charge on any atom is 0.0493 e. The normalized spacial score (nSPS) is 16.5. The third kappa shape index (κ3) is 2.91. The van der Waals surface area contributed by atoms with Crippen LogP contribution in [0.2, 0.25) is 0 Å². The molecule has 0 radical (unpaired) electrons. The Balaban J connectivity index is 1.81. The van der Waals surface area contributed by atoms with Gasteiger partial charge in [-0.3, -0.25) is 0 Å². The average molecular weight is 286 g/mol. The Bertz CT molecular complexity index is 739. The number of benzene rings is 2. The van der Waals surface area contributed by atoms with Gasteiger partial charge in [-0.1, -0.05) is 90.7 Å². The molecule has 0 atom stereocenters. The van der Waals surface area contributed by atoms with Crippen molar-refractivity contribution in [3.05, 3.63) is 102 Å². The molecule has 0 unspecified atom stereocenters. The Labute approximate surface area is 130 Å². The molecular weight excluding hydrogens is 270 g/mol. The van der Waals surface area contributed by atoms with Gasteiger partial charge in [-0.2, -0.15) is 0 Å². The lowest BCUT2D eigenvalue weighted by Gasteiger charge is -2.20. The van der Waals surface area contributed by atoms with Crippen molar-refractivity contribution in [3.63, 3.8) is 0 Å². The Morgan fingerprint density at radius 2 is 1.27 bits per heavy atom. The van der Waals surface area contributed by atoms with Crippen molar-refractivity contribution in [2.24, 2.45) is 5.92 Å². The summed E-state index contributed by atoms with van der Waals surface area (Å²) in [7, 11) is 0. The molecule has 2 nitrogen and oxygen atoms in total. The van der Waals surface area contributed by atoms with Gasteiger partial charge in [0.25, 0.3) is 0 Å². The van der Waals surface area contributed by atoms with Gasteiger partial charge < -0.3 is 10.5 Å². The van der Waals surface area contributed by atoms with Gasteiger partial charge in [-0.15, -0.1) is 0 Å². The van der Waals surface area contributed by atoms with Gasteiger partial charge in [0.15, 0.2) is 0 Å². The zero-order valence-electron chi connectivity index (χ0n) is 12.1. The molecule has 0 saturated heterocycles. The first-order valence-electron chi connectivity index (χ1n) is 7.22. The van der Waals surface area contributed by atoms with Crippen molar-refractivity contribution in [2.45, 2.75) is 0 Å². The molecule has 0 spiro atoms. The van der Waals surface area contributed by atoms with Crippen LogP contribution in [0, 0.1) is 11.3 Å². The molecule has 0 bridgehead atoms. The van der Waals surface area contributed by atoms with E-state index in [-0.39, 0.29) is 11.7 Å². The van der Waals surface area contributed by atoms with Crippen LogP contribution >= 0.6 is 0 Å². The van der Waals surface area contributed by atoms with Crippen LogP contribution in [-0.4, -0.2) is 5.71 Å². The predicted octanol–water partition coefficient (Wildman–Crippen LogP) is 3.57. The maximum atomic E-state index is 12.4. The Morgan fingerprint density at radius 3 is 1.82 bits per heavy atom. The Kier molecular flexibility index (Phi) is 4.01. The number of hydrogen-bond acceptors (Lipinski definition) is 2. The topological polar surface area (TPSA) is 46.9 Å². The zero-order valence-corrected chi connectivity index (χ0v) is 12.1. The van der Waals surface area contributed by atoms with E-state index in [1.54, 1.807) is 0 Å².